The Morgan fingerprint density at radius 2 is 2.00 bits per heavy atom. The number of hydrogen-bond donors (Lipinski definition) is 1. The first-order valence-electron chi connectivity index (χ1n) is 10.3. The summed E-state index contributed by atoms with van der Waals surface area (Å²) >= 11 is 0. The van der Waals surface area contributed by atoms with E-state index in [4.69, 9.17) is 9.72 Å². The average molecular weight is 393 g/mol. The molecule has 0 unspecified atom stereocenters. The second-order valence-corrected chi connectivity index (χ2v) is 7.66. The van der Waals surface area contributed by atoms with Crippen LogP contribution in [0.5, 0.6) is 5.75 Å². The van der Waals surface area contributed by atoms with Crippen molar-refractivity contribution in [1.82, 2.24) is 14.5 Å². The molecule has 29 heavy (non-hydrogen) atoms. The third-order valence-corrected chi connectivity index (χ3v) is 5.33. The highest BCUT2D eigenvalue weighted by Gasteiger charge is 2.19. The van der Waals surface area contributed by atoms with Crippen molar-refractivity contribution in [2.45, 2.75) is 39.8 Å². The monoisotopic (exact) mass is 392 g/mol. The van der Waals surface area contributed by atoms with Gasteiger partial charge in [0.05, 0.1) is 17.6 Å². The first-order valence-corrected chi connectivity index (χ1v) is 10.3. The van der Waals surface area contributed by atoms with Crippen LogP contribution in [0.2, 0.25) is 0 Å². The number of carbonyl (C=O) groups is 1. The Morgan fingerprint density at radius 1 is 1.17 bits per heavy atom. The number of nitrogens with one attached hydrogen (secondary N) is 1. The molecule has 1 amide bonds. The number of anilines is 1. The van der Waals surface area contributed by atoms with Gasteiger partial charge in [0.25, 0.3) is 5.91 Å². The number of nitrogens with zero attached hydrogens (tertiary/aromatic N) is 3. The number of aromatic nitrogens is 2. The van der Waals surface area contributed by atoms with Crippen LogP contribution in [-0.2, 0) is 17.9 Å². The van der Waals surface area contributed by atoms with E-state index in [1.165, 1.54) is 12.8 Å². The van der Waals surface area contributed by atoms with Crippen LogP contribution in [0.1, 0.15) is 31.2 Å². The van der Waals surface area contributed by atoms with Crippen molar-refractivity contribution in [1.29, 1.82) is 0 Å². The molecule has 0 aliphatic carbocycles. The Hall–Kier alpha value is -2.86. The van der Waals surface area contributed by atoms with Gasteiger partial charge in [0, 0.05) is 18.8 Å². The van der Waals surface area contributed by atoms with Crippen LogP contribution in [0.4, 0.5) is 5.69 Å². The molecular formula is C23H28N4O2. The van der Waals surface area contributed by atoms with Crippen molar-refractivity contribution >= 4 is 22.6 Å². The number of ether oxygens (including phenoxy) is 1. The highest BCUT2D eigenvalue weighted by Crippen LogP contribution is 2.24. The van der Waals surface area contributed by atoms with Gasteiger partial charge in [-0.15, -0.1) is 0 Å². The summed E-state index contributed by atoms with van der Waals surface area (Å²) in [6.07, 6.45) is 2.44. The number of carbonyl (C=O) groups excluding carboxylic acids is 1. The zero-order chi connectivity index (χ0) is 20.2. The van der Waals surface area contributed by atoms with Crippen molar-refractivity contribution in [3.05, 3.63) is 53.9 Å². The van der Waals surface area contributed by atoms with Crippen molar-refractivity contribution in [3.8, 4) is 5.75 Å². The summed E-state index contributed by atoms with van der Waals surface area (Å²) < 4.78 is 7.85. The lowest BCUT2D eigenvalue weighted by Gasteiger charge is -2.27. The minimum Gasteiger partial charge on any atom is -0.484 e. The van der Waals surface area contributed by atoms with Gasteiger partial charge in [-0.25, -0.2) is 4.98 Å². The molecule has 0 fully saturated rings. The van der Waals surface area contributed by atoms with E-state index in [1.54, 1.807) is 0 Å². The lowest BCUT2D eigenvalue weighted by atomic mass is 10.2. The summed E-state index contributed by atoms with van der Waals surface area (Å²) in [7, 11) is 0. The summed E-state index contributed by atoms with van der Waals surface area (Å²) in [6, 6.07) is 13.6. The van der Waals surface area contributed by atoms with Crippen molar-refractivity contribution in [2.24, 2.45) is 0 Å². The Labute approximate surface area is 171 Å². The number of imidazole rings is 1. The van der Waals surface area contributed by atoms with E-state index in [-0.39, 0.29) is 12.5 Å². The summed E-state index contributed by atoms with van der Waals surface area (Å²) in [4.78, 5) is 19.5. The van der Waals surface area contributed by atoms with Crippen LogP contribution in [0.15, 0.2) is 42.5 Å². The van der Waals surface area contributed by atoms with Crippen molar-refractivity contribution in [2.75, 3.05) is 25.0 Å². The molecule has 6 heteroatoms. The molecule has 2 aromatic carbocycles. The zero-order valence-corrected chi connectivity index (χ0v) is 17.1. The van der Waals surface area contributed by atoms with Crippen LogP contribution in [0.3, 0.4) is 0 Å². The fourth-order valence-electron chi connectivity index (χ4n) is 3.70. The number of benzene rings is 2. The number of hydrogen-bond acceptors (Lipinski definition) is 4. The fraction of sp³-hybridized carbons (Fsp3) is 0.391. The lowest BCUT2D eigenvalue weighted by molar-refractivity contribution is -0.118. The third kappa shape index (κ3) is 4.59. The van der Waals surface area contributed by atoms with Gasteiger partial charge in [-0.05, 0) is 50.2 Å². The normalized spacial score (nSPS) is 14.0. The van der Waals surface area contributed by atoms with E-state index >= 15 is 0 Å². The Bertz CT molecular complexity index is 994. The predicted octanol–water partition coefficient (Wildman–Crippen LogP) is 3.98. The van der Waals surface area contributed by atoms with Gasteiger partial charge < -0.3 is 14.6 Å². The SMILES string of the molecule is CCCCN1CCn2c(nc3cc(NC(=O)COc4ccc(C)cc4)ccc32)C1. The van der Waals surface area contributed by atoms with E-state index in [9.17, 15) is 4.79 Å². The molecule has 1 aliphatic heterocycles. The van der Waals surface area contributed by atoms with Crippen molar-refractivity contribution < 1.29 is 9.53 Å². The molecule has 1 aliphatic rings. The van der Waals surface area contributed by atoms with E-state index < -0.39 is 0 Å². The molecular weight excluding hydrogens is 364 g/mol. The zero-order valence-electron chi connectivity index (χ0n) is 17.1. The van der Waals surface area contributed by atoms with Crippen LogP contribution < -0.4 is 10.1 Å². The minimum absolute atomic E-state index is 0.0207. The van der Waals surface area contributed by atoms with Gasteiger partial charge in [-0.1, -0.05) is 31.0 Å². The molecule has 0 spiro atoms. The van der Waals surface area contributed by atoms with Gasteiger partial charge in [0.15, 0.2) is 6.61 Å². The summed E-state index contributed by atoms with van der Waals surface area (Å²) in [5.41, 5.74) is 3.96. The summed E-state index contributed by atoms with van der Waals surface area (Å²) in [5, 5.41) is 2.91. The molecule has 4 rings (SSSR count). The van der Waals surface area contributed by atoms with E-state index in [1.807, 2.05) is 49.4 Å². The molecule has 1 N–H and O–H groups in total. The second-order valence-electron chi connectivity index (χ2n) is 7.66. The van der Waals surface area contributed by atoms with Crippen LogP contribution >= 0.6 is 0 Å². The lowest BCUT2D eigenvalue weighted by Crippen LogP contribution is -2.34. The Kier molecular flexibility index (Phi) is 5.81. The maximum absolute atomic E-state index is 12.3. The molecule has 3 aromatic rings. The first kappa shape index (κ1) is 19.5. The molecule has 0 saturated heterocycles. The molecule has 1 aromatic heterocycles. The van der Waals surface area contributed by atoms with Gasteiger partial charge in [-0.3, -0.25) is 9.69 Å². The third-order valence-electron chi connectivity index (χ3n) is 5.33. The maximum atomic E-state index is 12.3. The predicted molar refractivity (Wildman–Crippen MR) is 115 cm³/mol. The number of aryl methyl sites for hydroxylation is 1. The van der Waals surface area contributed by atoms with Crippen molar-refractivity contribution in [3.63, 3.8) is 0 Å². The smallest absolute Gasteiger partial charge is 0.262 e. The number of rotatable bonds is 7. The summed E-state index contributed by atoms with van der Waals surface area (Å²) in [5.74, 6) is 1.61. The van der Waals surface area contributed by atoms with Gasteiger partial charge >= 0.3 is 0 Å². The van der Waals surface area contributed by atoms with Crippen LogP contribution in [0.25, 0.3) is 11.0 Å². The highest BCUT2D eigenvalue weighted by atomic mass is 16.5. The standard InChI is InChI=1S/C23H28N4O2/c1-3-4-11-26-12-13-27-21-10-7-18(14-20(21)25-22(27)15-26)24-23(28)16-29-19-8-5-17(2)6-9-19/h5-10,14H,3-4,11-13,15-16H2,1-2H3,(H,24,28). The largest absolute Gasteiger partial charge is 0.484 e. The van der Waals surface area contributed by atoms with Crippen LogP contribution in [-0.4, -0.2) is 40.1 Å². The first-order chi connectivity index (χ1) is 14.1. The number of fused-ring (bicyclic) bond motifs is 3. The topological polar surface area (TPSA) is 59.4 Å². The van der Waals surface area contributed by atoms with Gasteiger partial charge in [0.2, 0.25) is 0 Å². The molecule has 6 nitrogen and oxygen atoms in total. The van der Waals surface area contributed by atoms with Crippen LogP contribution in [0, 0.1) is 6.92 Å². The Balaban J connectivity index is 1.40. The molecule has 0 bridgehead atoms. The van der Waals surface area contributed by atoms with E-state index in [2.05, 4.69) is 21.7 Å². The molecule has 0 radical (unpaired) electrons. The van der Waals surface area contributed by atoms with Gasteiger partial charge in [0.1, 0.15) is 11.6 Å². The fourth-order valence-corrected chi connectivity index (χ4v) is 3.70. The molecule has 2 heterocycles. The van der Waals surface area contributed by atoms with Gasteiger partial charge in [-0.2, -0.15) is 0 Å². The number of amides is 1. The quantitative estimate of drug-likeness (QED) is 0.661. The maximum Gasteiger partial charge on any atom is 0.262 e. The average Bonchev–Trinajstić information content (AvgIpc) is 3.08. The second kappa shape index (κ2) is 8.66. The molecule has 0 atom stereocenters. The van der Waals surface area contributed by atoms with E-state index in [0.717, 1.165) is 54.3 Å². The molecule has 0 saturated carbocycles. The summed E-state index contributed by atoms with van der Waals surface area (Å²) in [6.45, 7) is 8.26. The minimum atomic E-state index is -0.181. The highest BCUT2D eigenvalue weighted by molar-refractivity contribution is 5.94. The van der Waals surface area contributed by atoms with E-state index in [0.29, 0.717) is 5.75 Å². The molecule has 152 valence electrons. The Morgan fingerprint density at radius 3 is 2.79 bits per heavy atom. The number of unbranched alkanes of at least 4 members (excludes halogenated alkanes) is 1.